The van der Waals surface area contributed by atoms with Crippen molar-refractivity contribution in [1.82, 2.24) is 15.1 Å². The number of amides is 1. The Balaban J connectivity index is 1.93. The first-order valence-electron chi connectivity index (χ1n) is 7.67. The van der Waals surface area contributed by atoms with Crippen molar-refractivity contribution in [2.45, 2.75) is 51.8 Å². The van der Waals surface area contributed by atoms with Crippen molar-refractivity contribution >= 4 is 11.9 Å². The lowest BCUT2D eigenvalue weighted by molar-refractivity contribution is 0.0633. The van der Waals surface area contributed by atoms with Gasteiger partial charge in [-0.05, 0) is 33.6 Å². The van der Waals surface area contributed by atoms with Crippen LogP contribution in [0.1, 0.15) is 39.2 Å². The largest absolute Gasteiger partial charge is 0.444 e. The average molecular weight is 310 g/mol. The van der Waals surface area contributed by atoms with E-state index in [1.54, 1.807) is 17.9 Å². The number of nitrogens with one attached hydrogen (secondary N) is 2. The van der Waals surface area contributed by atoms with Crippen LogP contribution >= 0.6 is 0 Å². The predicted octanol–water partition coefficient (Wildman–Crippen LogP) is 2.04. The summed E-state index contributed by atoms with van der Waals surface area (Å²) in [6.07, 6.45) is 3.46. The average Bonchev–Trinajstić information content (AvgIpc) is 2.77. The lowest BCUT2D eigenvalue weighted by Crippen LogP contribution is -2.36. The maximum atomic E-state index is 11.9. The fraction of sp³-hybridized carbons (Fsp3) is 0.733. The Kier molecular flexibility index (Phi) is 5.42. The van der Waals surface area contributed by atoms with E-state index in [2.05, 4.69) is 15.7 Å². The highest BCUT2D eigenvalue weighted by Gasteiger charge is 2.20. The molecule has 1 aliphatic rings. The zero-order valence-electron chi connectivity index (χ0n) is 13.8. The number of nitrogens with zero attached hydrogens (tertiary/aromatic N) is 2. The molecule has 1 saturated heterocycles. The third-order valence-corrected chi connectivity index (χ3v) is 3.38. The maximum absolute atomic E-state index is 11.9. The zero-order valence-corrected chi connectivity index (χ0v) is 13.8. The van der Waals surface area contributed by atoms with E-state index < -0.39 is 11.7 Å². The van der Waals surface area contributed by atoms with Gasteiger partial charge in [0, 0.05) is 31.8 Å². The smallest absolute Gasteiger partial charge is 0.413 e. The lowest BCUT2D eigenvalue weighted by atomic mass is 10.1. The van der Waals surface area contributed by atoms with Crippen LogP contribution in [0.15, 0.2) is 6.20 Å². The summed E-state index contributed by atoms with van der Waals surface area (Å²) in [6.45, 7) is 7.71. The van der Waals surface area contributed by atoms with Gasteiger partial charge in [-0.15, -0.1) is 0 Å². The fourth-order valence-corrected chi connectivity index (χ4v) is 2.33. The molecule has 7 nitrogen and oxygen atoms in total. The molecule has 2 N–H and O–H groups in total. The summed E-state index contributed by atoms with van der Waals surface area (Å²) in [5.74, 6) is 0.651. The number of ether oxygens (including phenoxy) is 2. The Morgan fingerprint density at radius 1 is 1.55 bits per heavy atom. The van der Waals surface area contributed by atoms with Gasteiger partial charge in [0.2, 0.25) is 0 Å². The number of carbonyl (C=O) groups is 1. The molecule has 0 radical (unpaired) electrons. The van der Waals surface area contributed by atoms with Gasteiger partial charge >= 0.3 is 6.09 Å². The van der Waals surface area contributed by atoms with E-state index in [4.69, 9.17) is 9.47 Å². The normalized spacial score (nSPS) is 19.0. The van der Waals surface area contributed by atoms with Crippen LogP contribution in [-0.2, 0) is 23.1 Å². The van der Waals surface area contributed by atoms with E-state index in [1.807, 2.05) is 20.8 Å². The second kappa shape index (κ2) is 7.11. The molecule has 2 rings (SSSR count). The minimum Gasteiger partial charge on any atom is -0.444 e. The Morgan fingerprint density at radius 3 is 2.95 bits per heavy atom. The van der Waals surface area contributed by atoms with Gasteiger partial charge in [-0.3, -0.25) is 10.00 Å². The van der Waals surface area contributed by atoms with Gasteiger partial charge in [-0.1, -0.05) is 0 Å². The molecule has 1 atom stereocenters. The Morgan fingerprint density at radius 2 is 2.32 bits per heavy atom. The third kappa shape index (κ3) is 4.99. The molecule has 1 aromatic rings. The summed E-state index contributed by atoms with van der Waals surface area (Å²) in [5, 5.41) is 10.4. The summed E-state index contributed by atoms with van der Waals surface area (Å²) in [6, 6.07) is 0.350. The van der Waals surface area contributed by atoms with E-state index in [0.29, 0.717) is 18.4 Å². The van der Waals surface area contributed by atoms with E-state index in [-0.39, 0.29) is 0 Å². The Labute approximate surface area is 131 Å². The maximum Gasteiger partial charge on any atom is 0.413 e. The number of anilines is 1. The molecule has 1 aliphatic heterocycles. The monoisotopic (exact) mass is 310 g/mol. The standard InChI is InChI=1S/C15H26N4O3/c1-15(2,3)22-14(20)18-13-11(9-17-19(13)4)8-16-12-6-5-7-21-10-12/h9,12,16H,5-8,10H2,1-4H3,(H,18,20). The molecule has 124 valence electrons. The summed E-state index contributed by atoms with van der Waals surface area (Å²) in [7, 11) is 1.79. The number of aromatic nitrogens is 2. The van der Waals surface area contributed by atoms with Gasteiger partial charge in [0.1, 0.15) is 11.4 Å². The first-order valence-corrected chi connectivity index (χ1v) is 7.67. The molecule has 0 aliphatic carbocycles. The summed E-state index contributed by atoms with van der Waals surface area (Å²) < 4.78 is 12.4. The van der Waals surface area contributed by atoms with Crippen molar-refractivity contribution in [1.29, 1.82) is 0 Å². The molecule has 0 aromatic carbocycles. The van der Waals surface area contributed by atoms with Gasteiger partial charge in [-0.25, -0.2) is 4.79 Å². The number of carbonyl (C=O) groups excluding carboxylic acids is 1. The molecule has 0 bridgehead atoms. The van der Waals surface area contributed by atoms with E-state index in [0.717, 1.165) is 31.6 Å². The molecule has 1 aromatic heterocycles. The second-order valence-corrected chi connectivity index (χ2v) is 6.56. The zero-order chi connectivity index (χ0) is 16.2. The first kappa shape index (κ1) is 16.8. The molecular weight excluding hydrogens is 284 g/mol. The quantitative estimate of drug-likeness (QED) is 0.890. The van der Waals surface area contributed by atoms with Crippen molar-refractivity contribution < 1.29 is 14.3 Å². The first-order chi connectivity index (χ1) is 10.3. The van der Waals surface area contributed by atoms with Crippen LogP contribution < -0.4 is 10.6 Å². The van der Waals surface area contributed by atoms with Crippen LogP contribution in [0.25, 0.3) is 0 Å². The molecular formula is C15H26N4O3. The van der Waals surface area contributed by atoms with Gasteiger partial charge in [0.25, 0.3) is 0 Å². The van der Waals surface area contributed by atoms with Crippen molar-refractivity contribution in [2.24, 2.45) is 7.05 Å². The minimum absolute atomic E-state index is 0.350. The van der Waals surface area contributed by atoms with Crippen LogP contribution in [0, 0.1) is 0 Å². The van der Waals surface area contributed by atoms with E-state index >= 15 is 0 Å². The molecule has 2 heterocycles. The van der Waals surface area contributed by atoms with Gasteiger partial charge in [0.05, 0.1) is 12.8 Å². The number of rotatable bonds is 4. The fourth-order valence-electron chi connectivity index (χ4n) is 2.33. The van der Waals surface area contributed by atoms with Crippen molar-refractivity contribution in [3.8, 4) is 0 Å². The summed E-state index contributed by atoms with van der Waals surface area (Å²) in [5.41, 5.74) is 0.402. The number of aryl methyl sites for hydroxylation is 1. The molecule has 1 fully saturated rings. The highest BCUT2D eigenvalue weighted by Crippen LogP contribution is 2.17. The SMILES string of the molecule is Cn1ncc(CNC2CCCOC2)c1NC(=O)OC(C)(C)C. The highest BCUT2D eigenvalue weighted by molar-refractivity contribution is 5.84. The number of hydrogen-bond donors (Lipinski definition) is 2. The van der Waals surface area contributed by atoms with Crippen molar-refractivity contribution in [3.63, 3.8) is 0 Å². The van der Waals surface area contributed by atoms with Crippen LogP contribution in [0.4, 0.5) is 10.6 Å². The lowest BCUT2D eigenvalue weighted by Gasteiger charge is -2.23. The minimum atomic E-state index is -0.527. The van der Waals surface area contributed by atoms with Crippen molar-refractivity contribution in [2.75, 3.05) is 18.5 Å². The van der Waals surface area contributed by atoms with E-state index in [9.17, 15) is 4.79 Å². The van der Waals surface area contributed by atoms with Gasteiger partial charge < -0.3 is 14.8 Å². The molecule has 7 heteroatoms. The van der Waals surface area contributed by atoms with Gasteiger partial charge in [0.15, 0.2) is 0 Å². The third-order valence-electron chi connectivity index (χ3n) is 3.38. The summed E-state index contributed by atoms with van der Waals surface area (Å²) >= 11 is 0. The second-order valence-electron chi connectivity index (χ2n) is 6.56. The molecule has 0 spiro atoms. The highest BCUT2D eigenvalue weighted by atomic mass is 16.6. The topological polar surface area (TPSA) is 77.4 Å². The van der Waals surface area contributed by atoms with E-state index in [1.165, 1.54) is 0 Å². The number of hydrogen-bond acceptors (Lipinski definition) is 5. The van der Waals surface area contributed by atoms with Crippen LogP contribution in [-0.4, -0.2) is 40.7 Å². The van der Waals surface area contributed by atoms with Crippen LogP contribution in [0.5, 0.6) is 0 Å². The molecule has 1 unspecified atom stereocenters. The van der Waals surface area contributed by atoms with Crippen LogP contribution in [0.2, 0.25) is 0 Å². The Hall–Kier alpha value is -1.60. The molecule has 22 heavy (non-hydrogen) atoms. The molecule has 0 saturated carbocycles. The Bertz CT molecular complexity index is 501. The van der Waals surface area contributed by atoms with Crippen LogP contribution in [0.3, 0.4) is 0 Å². The van der Waals surface area contributed by atoms with Gasteiger partial charge in [-0.2, -0.15) is 5.10 Å². The predicted molar refractivity (Wildman–Crippen MR) is 83.7 cm³/mol. The summed E-state index contributed by atoms with van der Waals surface area (Å²) in [4.78, 5) is 11.9. The van der Waals surface area contributed by atoms with Crippen molar-refractivity contribution in [3.05, 3.63) is 11.8 Å². The molecule has 1 amide bonds.